The van der Waals surface area contributed by atoms with Gasteiger partial charge < -0.3 is 24.4 Å². The Morgan fingerprint density at radius 2 is 1.31 bits per heavy atom. The summed E-state index contributed by atoms with van der Waals surface area (Å²) < 4.78 is 16.6. The van der Waals surface area contributed by atoms with E-state index >= 15 is 0 Å². The molecule has 0 saturated carbocycles. The van der Waals surface area contributed by atoms with Crippen LogP contribution in [0.4, 0.5) is 0 Å². The first kappa shape index (κ1) is 20.6. The second-order valence-electron chi connectivity index (χ2n) is 6.12. The summed E-state index contributed by atoms with van der Waals surface area (Å²) in [7, 11) is 1.38. The van der Waals surface area contributed by atoms with Gasteiger partial charge in [-0.25, -0.2) is 0 Å². The van der Waals surface area contributed by atoms with E-state index in [4.69, 9.17) is 14.2 Å². The minimum absolute atomic E-state index is 0.262. The van der Waals surface area contributed by atoms with Crippen LogP contribution >= 0.6 is 0 Å². The fraction of sp³-hybridized carbons (Fsp3) is 0.429. The summed E-state index contributed by atoms with van der Waals surface area (Å²) in [6, 6.07) is 19.3. The smallest absolute Gasteiger partial charge is 0.183 e. The van der Waals surface area contributed by atoms with Crippen molar-refractivity contribution in [2.24, 2.45) is 0 Å². The van der Waals surface area contributed by atoms with E-state index in [-0.39, 0.29) is 6.61 Å². The van der Waals surface area contributed by atoms with E-state index in [0.717, 1.165) is 11.1 Å². The molecule has 0 aliphatic heterocycles. The number of hydrogen-bond acceptors (Lipinski definition) is 5. The zero-order valence-corrected chi connectivity index (χ0v) is 15.3. The SMILES string of the molecule is CCC(OCc1ccccc1)C(O)C(OCc1ccccc1)C(O)OC. The molecule has 2 aromatic rings. The molecular weight excluding hydrogens is 332 g/mol. The summed E-state index contributed by atoms with van der Waals surface area (Å²) in [6.07, 6.45) is -3.09. The van der Waals surface area contributed by atoms with E-state index in [0.29, 0.717) is 13.0 Å². The van der Waals surface area contributed by atoms with Gasteiger partial charge in [-0.3, -0.25) is 0 Å². The van der Waals surface area contributed by atoms with E-state index in [2.05, 4.69) is 0 Å². The lowest BCUT2D eigenvalue weighted by Crippen LogP contribution is -2.47. The maximum Gasteiger partial charge on any atom is 0.183 e. The first-order valence-corrected chi connectivity index (χ1v) is 8.85. The van der Waals surface area contributed by atoms with Crippen LogP contribution in [0.1, 0.15) is 24.5 Å². The zero-order valence-electron chi connectivity index (χ0n) is 15.3. The summed E-state index contributed by atoms with van der Waals surface area (Å²) in [5.74, 6) is 0. The Kier molecular flexibility index (Phi) is 8.74. The van der Waals surface area contributed by atoms with Gasteiger partial charge in [-0.1, -0.05) is 67.6 Å². The molecule has 4 unspecified atom stereocenters. The predicted molar refractivity (Wildman–Crippen MR) is 99.4 cm³/mol. The van der Waals surface area contributed by atoms with E-state index in [9.17, 15) is 10.2 Å². The molecule has 0 saturated heterocycles. The lowest BCUT2D eigenvalue weighted by Gasteiger charge is -2.31. The molecule has 0 amide bonds. The van der Waals surface area contributed by atoms with Crippen LogP contribution in [0.5, 0.6) is 0 Å². The fourth-order valence-corrected chi connectivity index (χ4v) is 2.70. The van der Waals surface area contributed by atoms with Crippen LogP contribution in [0.2, 0.25) is 0 Å². The van der Waals surface area contributed by atoms with Gasteiger partial charge in [-0.05, 0) is 17.5 Å². The Bertz CT molecular complexity index is 604. The van der Waals surface area contributed by atoms with Gasteiger partial charge in [0.1, 0.15) is 12.2 Å². The summed E-state index contributed by atoms with van der Waals surface area (Å²) in [5.41, 5.74) is 1.97. The fourth-order valence-electron chi connectivity index (χ4n) is 2.70. The molecule has 0 aliphatic rings. The molecule has 2 N–H and O–H groups in total. The topological polar surface area (TPSA) is 68.2 Å². The molecule has 0 aromatic heterocycles. The van der Waals surface area contributed by atoms with Crippen molar-refractivity contribution in [2.45, 2.75) is 51.2 Å². The third-order valence-corrected chi connectivity index (χ3v) is 4.23. The lowest BCUT2D eigenvalue weighted by molar-refractivity contribution is -0.218. The highest BCUT2D eigenvalue weighted by molar-refractivity contribution is 5.14. The lowest BCUT2D eigenvalue weighted by atomic mass is 10.0. The third kappa shape index (κ3) is 6.20. The van der Waals surface area contributed by atoms with Crippen LogP contribution in [0, 0.1) is 0 Å². The van der Waals surface area contributed by atoms with Crippen LogP contribution in [0.3, 0.4) is 0 Å². The van der Waals surface area contributed by atoms with Crippen LogP contribution in [0.15, 0.2) is 60.7 Å². The van der Waals surface area contributed by atoms with Crippen molar-refractivity contribution in [3.8, 4) is 0 Å². The standard InChI is InChI=1S/C21H28O5/c1-3-18(25-14-16-10-6-4-7-11-16)19(22)20(21(23)24-2)26-15-17-12-8-5-9-13-17/h4-13,18-23H,3,14-15H2,1-2H3. The molecule has 4 atom stereocenters. The molecule has 26 heavy (non-hydrogen) atoms. The first-order chi connectivity index (χ1) is 12.7. The summed E-state index contributed by atoms with van der Waals surface area (Å²) in [5, 5.41) is 20.9. The maximum absolute atomic E-state index is 10.7. The van der Waals surface area contributed by atoms with Crippen LogP contribution < -0.4 is 0 Å². The number of rotatable bonds is 11. The van der Waals surface area contributed by atoms with Crippen LogP contribution in [-0.2, 0) is 27.4 Å². The minimum atomic E-state index is -1.25. The monoisotopic (exact) mass is 360 g/mol. The highest BCUT2D eigenvalue weighted by Gasteiger charge is 2.34. The van der Waals surface area contributed by atoms with Gasteiger partial charge in [0.15, 0.2) is 6.29 Å². The highest BCUT2D eigenvalue weighted by atomic mass is 16.6. The molecule has 0 bridgehead atoms. The van der Waals surface area contributed by atoms with Crippen molar-refractivity contribution in [1.29, 1.82) is 0 Å². The van der Waals surface area contributed by atoms with Crippen molar-refractivity contribution in [3.63, 3.8) is 0 Å². The first-order valence-electron chi connectivity index (χ1n) is 8.85. The van der Waals surface area contributed by atoms with Gasteiger partial charge in [0.05, 0.1) is 19.3 Å². The predicted octanol–water partition coefficient (Wildman–Crippen LogP) is 2.89. The van der Waals surface area contributed by atoms with E-state index < -0.39 is 24.6 Å². The number of benzene rings is 2. The van der Waals surface area contributed by atoms with E-state index in [1.54, 1.807) is 0 Å². The molecule has 5 nitrogen and oxygen atoms in total. The van der Waals surface area contributed by atoms with Crippen molar-refractivity contribution in [3.05, 3.63) is 71.8 Å². The van der Waals surface area contributed by atoms with Gasteiger partial charge in [-0.2, -0.15) is 0 Å². The largest absolute Gasteiger partial charge is 0.387 e. The van der Waals surface area contributed by atoms with Crippen LogP contribution in [-0.4, -0.2) is 41.9 Å². The normalized spacial score (nSPS) is 16.0. The molecule has 0 radical (unpaired) electrons. The number of aliphatic hydroxyl groups excluding tert-OH is 2. The summed E-state index contributed by atoms with van der Waals surface area (Å²) in [6.45, 7) is 2.56. The second kappa shape index (κ2) is 11.1. The maximum atomic E-state index is 10.7. The summed E-state index contributed by atoms with van der Waals surface area (Å²) in [4.78, 5) is 0. The van der Waals surface area contributed by atoms with E-state index in [1.165, 1.54) is 7.11 Å². The Morgan fingerprint density at radius 1 is 0.808 bits per heavy atom. The van der Waals surface area contributed by atoms with Gasteiger partial charge in [0.2, 0.25) is 0 Å². The van der Waals surface area contributed by atoms with Gasteiger partial charge in [0.25, 0.3) is 0 Å². The average molecular weight is 360 g/mol. The Balaban J connectivity index is 1.99. The quantitative estimate of drug-likeness (QED) is 0.603. The van der Waals surface area contributed by atoms with Gasteiger partial charge >= 0.3 is 0 Å². The number of methoxy groups -OCH3 is 1. The molecule has 0 spiro atoms. The van der Waals surface area contributed by atoms with Gasteiger partial charge in [0, 0.05) is 7.11 Å². The van der Waals surface area contributed by atoms with Crippen molar-refractivity contribution < 1.29 is 24.4 Å². The van der Waals surface area contributed by atoms with Gasteiger partial charge in [-0.15, -0.1) is 0 Å². The molecule has 2 aromatic carbocycles. The molecule has 0 heterocycles. The highest BCUT2D eigenvalue weighted by Crippen LogP contribution is 2.18. The number of aliphatic hydroxyl groups is 2. The van der Waals surface area contributed by atoms with Crippen molar-refractivity contribution in [1.82, 2.24) is 0 Å². The summed E-state index contributed by atoms with van der Waals surface area (Å²) >= 11 is 0. The Morgan fingerprint density at radius 3 is 1.77 bits per heavy atom. The minimum Gasteiger partial charge on any atom is -0.387 e. The van der Waals surface area contributed by atoms with Crippen molar-refractivity contribution >= 4 is 0 Å². The Labute approximate surface area is 155 Å². The molecule has 2 rings (SSSR count). The number of ether oxygens (including phenoxy) is 3. The molecule has 0 fully saturated rings. The third-order valence-electron chi connectivity index (χ3n) is 4.23. The molecule has 142 valence electrons. The zero-order chi connectivity index (χ0) is 18.8. The molecule has 5 heteroatoms. The van der Waals surface area contributed by atoms with E-state index in [1.807, 2.05) is 67.6 Å². The van der Waals surface area contributed by atoms with Crippen molar-refractivity contribution in [2.75, 3.05) is 7.11 Å². The average Bonchev–Trinajstić information content (AvgIpc) is 2.70. The van der Waals surface area contributed by atoms with Crippen LogP contribution in [0.25, 0.3) is 0 Å². The molecule has 0 aliphatic carbocycles. The number of hydrogen-bond donors (Lipinski definition) is 2. The Hall–Kier alpha value is -1.76. The molecular formula is C21H28O5. The second-order valence-corrected chi connectivity index (χ2v) is 6.12.